The highest BCUT2D eigenvalue weighted by molar-refractivity contribution is 7.98. The highest BCUT2D eigenvalue weighted by Crippen LogP contribution is 2.25. The number of benzene rings is 3. The lowest BCUT2D eigenvalue weighted by Crippen LogP contribution is -2.21. The fraction of sp³-hybridized carbons (Fsp3) is 0.394. The number of ether oxygens (including phenoxy) is 4. The first kappa shape index (κ1) is 32.2. The number of hydrogen-bond donors (Lipinski definition) is 0. The number of unbranched alkanes of at least 4 members (excludes halogenated alkanes) is 4. The van der Waals surface area contributed by atoms with Crippen LogP contribution in [0.25, 0.3) is 11.1 Å². The van der Waals surface area contributed by atoms with Crippen LogP contribution in [0.3, 0.4) is 0 Å². The maximum absolute atomic E-state index is 14.7. The van der Waals surface area contributed by atoms with E-state index < -0.39 is 23.9 Å². The summed E-state index contributed by atoms with van der Waals surface area (Å²) in [5.41, 5.74) is 2.20. The fourth-order valence-corrected chi connectivity index (χ4v) is 4.27. The molecule has 0 fully saturated rings. The molecule has 0 aliphatic heterocycles. The zero-order chi connectivity index (χ0) is 29.5. The van der Waals surface area contributed by atoms with E-state index in [0.29, 0.717) is 13.2 Å². The van der Waals surface area contributed by atoms with Crippen LogP contribution in [0, 0.1) is 5.82 Å². The fourth-order valence-electron chi connectivity index (χ4n) is 3.98. The Balaban J connectivity index is 1.50. The van der Waals surface area contributed by atoms with Gasteiger partial charge in [0, 0.05) is 5.75 Å². The van der Waals surface area contributed by atoms with Gasteiger partial charge in [0.1, 0.15) is 11.9 Å². The molecule has 3 aromatic rings. The molecule has 0 heterocycles. The van der Waals surface area contributed by atoms with Crippen molar-refractivity contribution in [3.63, 3.8) is 0 Å². The van der Waals surface area contributed by atoms with Crippen molar-refractivity contribution in [2.45, 2.75) is 52.1 Å². The number of rotatable bonds is 17. The maximum atomic E-state index is 14.7. The Morgan fingerprint density at radius 3 is 2.15 bits per heavy atom. The first-order valence-electron chi connectivity index (χ1n) is 14.0. The second-order valence-corrected chi connectivity index (χ2v) is 10.7. The summed E-state index contributed by atoms with van der Waals surface area (Å²) in [4.78, 5) is 25.0. The van der Waals surface area contributed by atoms with E-state index in [1.807, 2.05) is 42.7 Å². The largest absolute Gasteiger partial charge is 0.494 e. The van der Waals surface area contributed by atoms with Crippen LogP contribution in [0.2, 0.25) is 0 Å². The molecule has 0 spiro atoms. The highest BCUT2D eigenvalue weighted by Gasteiger charge is 2.17. The summed E-state index contributed by atoms with van der Waals surface area (Å²) in [5.74, 6) is -0.818. The Morgan fingerprint density at radius 2 is 1.49 bits per heavy atom. The average Bonchev–Trinajstić information content (AvgIpc) is 2.98. The number of hydrogen-bond acceptors (Lipinski definition) is 7. The van der Waals surface area contributed by atoms with Crippen LogP contribution in [0.1, 0.15) is 66.7 Å². The monoisotopic (exact) mass is 582 g/mol. The molecule has 0 bridgehead atoms. The topological polar surface area (TPSA) is 71.1 Å². The molecule has 0 radical (unpaired) electrons. The third-order valence-electron chi connectivity index (χ3n) is 6.29. The van der Waals surface area contributed by atoms with Gasteiger partial charge < -0.3 is 18.9 Å². The minimum absolute atomic E-state index is 0.0195. The summed E-state index contributed by atoms with van der Waals surface area (Å²) in [6.07, 6.45) is 7.47. The maximum Gasteiger partial charge on any atom is 0.343 e. The molecule has 0 aromatic heterocycles. The summed E-state index contributed by atoms with van der Waals surface area (Å²) < 4.78 is 36.5. The second kappa shape index (κ2) is 17.5. The van der Waals surface area contributed by atoms with E-state index in [-0.39, 0.29) is 23.5 Å². The van der Waals surface area contributed by atoms with Crippen LogP contribution < -0.4 is 9.47 Å². The molecule has 0 aliphatic carbocycles. The van der Waals surface area contributed by atoms with Crippen molar-refractivity contribution < 1.29 is 32.9 Å². The number of carbonyl (C=O) groups excluding carboxylic acids is 2. The lowest BCUT2D eigenvalue weighted by molar-refractivity contribution is 0.00481. The molecule has 1 atom stereocenters. The van der Waals surface area contributed by atoms with Gasteiger partial charge in [-0.25, -0.2) is 14.0 Å². The minimum atomic E-state index is -0.837. The van der Waals surface area contributed by atoms with Crippen LogP contribution in [0.4, 0.5) is 4.39 Å². The third kappa shape index (κ3) is 10.9. The standard InChI is InChI=1S/C33H39FO6S/c1-4-5-6-7-8-19-38-29-16-13-26(14-17-29)25-9-11-27(12-10-25)32(35)40-31-18-15-28(22-30(31)34)33(36)39-24(2)23-37-20-21-41-3/h9-18,22,24H,4-8,19-21,23H2,1-3H3/t24-/m1/s1. The van der Waals surface area contributed by atoms with Gasteiger partial charge in [-0.05, 0) is 73.2 Å². The summed E-state index contributed by atoms with van der Waals surface area (Å²) in [6, 6.07) is 18.3. The van der Waals surface area contributed by atoms with Gasteiger partial charge in [-0.15, -0.1) is 0 Å². The number of esters is 2. The van der Waals surface area contributed by atoms with Gasteiger partial charge in [-0.1, -0.05) is 56.9 Å². The van der Waals surface area contributed by atoms with Gasteiger partial charge in [0.2, 0.25) is 0 Å². The number of halogens is 1. The molecular formula is C33H39FO6S. The van der Waals surface area contributed by atoms with Crippen molar-refractivity contribution in [2.75, 3.05) is 31.8 Å². The van der Waals surface area contributed by atoms with E-state index in [1.54, 1.807) is 30.8 Å². The quantitative estimate of drug-likeness (QED) is 0.0908. The molecule has 6 nitrogen and oxygen atoms in total. The van der Waals surface area contributed by atoms with Gasteiger partial charge in [0.25, 0.3) is 0 Å². The molecule has 41 heavy (non-hydrogen) atoms. The van der Waals surface area contributed by atoms with Crippen LogP contribution in [0.15, 0.2) is 66.7 Å². The molecule has 0 amide bonds. The van der Waals surface area contributed by atoms with E-state index in [2.05, 4.69) is 6.92 Å². The normalized spacial score (nSPS) is 11.6. The predicted octanol–water partition coefficient (Wildman–Crippen LogP) is 7.99. The molecular weight excluding hydrogens is 543 g/mol. The Labute approximate surface area is 246 Å². The van der Waals surface area contributed by atoms with E-state index in [9.17, 15) is 14.0 Å². The highest BCUT2D eigenvalue weighted by atomic mass is 32.2. The van der Waals surface area contributed by atoms with Crippen LogP contribution >= 0.6 is 11.8 Å². The first-order valence-corrected chi connectivity index (χ1v) is 15.4. The van der Waals surface area contributed by atoms with Gasteiger partial charge >= 0.3 is 11.9 Å². The van der Waals surface area contributed by atoms with Gasteiger partial charge in [-0.3, -0.25) is 0 Å². The summed E-state index contributed by atoms with van der Waals surface area (Å²) in [6.45, 7) is 5.43. The lowest BCUT2D eigenvalue weighted by atomic mass is 10.0. The van der Waals surface area contributed by atoms with Crippen molar-refractivity contribution in [2.24, 2.45) is 0 Å². The molecule has 0 saturated heterocycles. The van der Waals surface area contributed by atoms with Gasteiger partial charge in [0.15, 0.2) is 11.6 Å². The Kier molecular flexibility index (Phi) is 13.7. The molecule has 0 aliphatic rings. The van der Waals surface area contributed by atoms with Crippen molar-refractivity contribution in [1.29, 1.82) is 0 Å². The molecule has 0 saturated carbocycles. The summed E-state index contributed by atoms with van der Waals surface area (Å²) >= 11 is 1.66. The molecule has 3 rings (SSSR count). The Bertz CT molecular complexity index is 1230. The molecule has 3 aromatic carbocycles. The minimum Gasteiger partial charge on any atom is -0.494 e. The third-order valence-corrected chi connectivity index (χ3v) is 6.86. The van der Waals surface area contributed by atoms with Crippen LogP contribution in [-0.2, 0) is 9.47 Å². The Morgan fingerprint density at radius 1 is 0.829 bits per heavy atom. The SMILES string of the molecule is CCCCCCCOc1ccc(-c2ccc(C(=O)Oc3ccc(C(=O)O[C@H](C)COCCSC)cc3F)cc2)cc1. The number of thioether (sulfide) groups is 1. The molecule has 8 heteroatoms. The molecule has 0 N–H and O–H groups in total. The average molecular weight is 583 g/mol. The van der Waals surface area contributed by atoms with Crippen molar-refractivity contribution >= 4 is 23.7 Å². The van der Waals surface area contributed by atoms with E-state index in [0.717, 1.165) is 35.1 Å². The second-order valence-electron chi connectivity index (χ2n) is 9.68. The van der Waals surface area contributed by atoms with Gasteiger partial charge in [0.05, 0.1) is 30.9 Å². The molecule has 0 unspecified atom stereocenters. The smallest absolute Gasteiger partial charge is 0.343 e. The zero-order valence-corrected chi connectivity index (χ0v) is 24.8. The zero-order valence-electron chi connectivity index (χ0n) is 24.0. The first-order chi connectivity index (χ1) is 19.9. The van der Waals surface area contributed by atoms with Gasteiger partial charge in [-0.2, -0.15) is 11.8 Å². The van der Waals surface area contributed by atoms with Crippen molar-refractivity contribution in [1.82, 2.24) is 0 Å². The summed E-state index contributed by atoms with van der Waals surface area (Å²) in [5, 5.41) is 0. The molecule has 220 valence electrons. The van der Waals surface area contributed by atoms with E-state index in [1.165, 1.54) is 37.8 Å². The lowest BCUT2D eigenvalue weighted by Gasteiger charge is -2.14. The van der Waals surface area contributed by atoms with E-state index in [4.69, 9.17) is 18.9 Å². The van der Waals surface area contributed by atoms with E-state index >= 15 is 0 Å². The van der Waals surface area contributed by atoms with Crippen LogP contribution in [-0.4, -0.2) is 49.9 Å². The summed E-state index contributed by atoms with van der Waals surface area (Å²) in [7, 11) is 0. The van der Waals surface area contributed by atoms with Crippen molar-refractivity contribution in [3.05, 3.63) is 83.7 Å². The number of carbonyl (C=O) groups is 2. The van der Waals surface area contributed by atoms with Crippen molar-refractivity contribution in [3.8, 4) is 22.6 Å². The Hall–Kier alpha value is -3.36. The predicted molar refractivity (Wildman–Crippen MR) is 162 cm³/mol. The van der Waals surface area contributed by atoms with Crippen LogP contribution in [0.5, 0.6) is 11.5 Å².